The van der Waals surface area contributed by atoms with Crippen LogP contribution in [0, 0.1) is 6.92 Å². The molecule has 5 nitrogen and oxygen atoms in total. The number of rotatable bonds is 6. The summed E-state index contributed by atoms with van der Waals surface area (Å²) in [6, 6.07) is 12.8. The predicted molar refractivity (Wildman–Crippen MR) is 91.8 cm³/mol. The summed E-state index contributed by atoms with van der Waals surface area (Å²) in [7, 11) is -0.438. The van der Waals surface area contributed by atoms with Crippen molar-refractivity contribution < 1.29 is 17.9 Å². The number of aryl methyl sites for hydroxylation is 1. The van der Waals surface area contributed by atoms with E-state index in [1.54, 1.807) is 18.2 Å². The molecule has 0 saturated heterocycles. The molecule has 124 valence electrons. The fourth-order valence-electron chi connectivity index (χ4n) is 2.35. The van der Waals surface area contributed by atoms with E-state index in [2.05, 4.69) is 0 Å². The van der Waals surface area contributed by atoms with E-state index in [0.29, 0.717) is 17.2 Å². The average Bonchev–Trinajstić information content (AvgIpc) is 2.51. The number of nitrogens with zero attached hydrogens (tertiary/aromatic N) is 1. The normalized spacial score (nSPS) is 11.1. The summed E-state index contributed by atoms with van der Waals surface area (Å²) in [6.07, 6.45) is 1.18. The maximum Gasteiger partial charge on any atom is 0.232 e. The molecule has 0 bridgehead atoms. The average molecular weight is 335 g/mol. The smallest absolute Gasteiger partial charge is 0.232 e. The highest BCUT2D eigenvalue weighted by molar-refractivity contribution is 7.92. The van der Waals surface area contributed by atoms with Gasteiger partial charge in [0, 0.05) is 6.07 Å². The van der Waals surface area contributed by atoms with Crippen molar-refractivity contribution in [2.45, 2.75) is 13.5 Å². The minimum absolute atomic E-state index is 0.226. The van der Waals surface area contributed by atoms with Gasteiger partial charge in [0.2, 0.25) is 10.0 Å². The van der Waals surface area contributed by atoms with Crippen LogP contribution in [0.5, 0.6) is 11.5 Å². The highest BCUT2D eigenvalue weighted by Gasteiger charge is 2.22. The van der Waals surface area contributed by atoms with Crippen LogP contribution in [0.2, 0.25) is 0 Å². The maximum atomic E-state index is 12.3. The van der Waals surface area contributed by atoms with Crippen molar-refractivity contribution in [3.63, 3.8) is 0 Å². The first-order valence-corrected chi connectivity index (χ1v) is 8.95. The molecule has 23 heavy (non-hydrogen) atoms. The predicted octanol–water partition coefficient (Wildman–Crippen LogP) is 2.98. The summed E-state index contributed by atoms with van der Waals surface area (Å²) in [4.78, 5) is 0. The van der Waals surface area contributed by atoms with Crippen molar-refractivity contribution in [3.05, 3.63) is 53.6 Å². The molecule has 0 aromatic heterocycles. The SMILES string of the molecule is COc1ccc(OC)c(N(Cc2cccc(C)c2)S(C)(=O)=O)c1. The molecule has 0 heterocycles. The Balaban J connectivity index is 2.52. The first-order chi connectivity index (χ1) is 10.8. The molecule has 0 N–H and O–H groups in total. The van der Waals surface area contributed by atoms with Crippen molar-refractivity contribution in [2.24, 2.45) is 0 Å². The van der Waals surface area contributed by atoms with Gasteiger partial charge in [0.15, 0.2) is 0 Å². The Morgan fingerprint density at radius 2 is 1.78 bits per heavy atom. The molecule has 2 aromatic rings. The first-order valence-electron chi connectivity index (χ1n) is 7.10. The lowest BCUT2D eigenvalue weighted by molar-refractivity contribution is 0.403. The lowest BCUT2D eigenvalue weighted by Crippen LogP contribution is -2.29. The number of hydrogen-bond acceptors (Lipinski definition) is 4. The minimum atomic E-state index is -3.49. The van der Waals surface area contributed by atoms with Gasteiger partial charge in [0.1, 0.15) is 11.5 Å². The quantitative estimate of drug-likeness (QED) is 0.814. The molecular formula is C17H21NO4S. The van der Waals surface area contributed by atoms with Crippen LogP contribution >= 0.6 is 0 Å². The Kier molecular flexibility index (Phi) is 5.15. The van der Waals surface area contributed by atoms with E-state index in [-0.39, 0.29) is 6.54 Å². The van der Waals surface area contributed by atoms with Gasteiger partial charge in [-0.15, -0.1) is 0 Å². The van der Waals surface area contributed by atoms with Crippen LogP contribution < -0.4 is 13.8 Å². The van der Waals surface area contributed by atoms with Crippen LogP contribution in [0.1, 0.15) is 11.1 Å². The Labute approximate surface area is 137 Å². The fourth-order valence-corrected chi connectivity index (χ4v) is 3.23. The Morgan fingerprint density at radius 1 is 1.04 bits per heavy atom. The molecule has 0 aliphatic carbocycles. The molecule has 0 aliphatic heterocycles. The van der Waals surface area contributed by atoms with Crippen LogP contribution in [0.4, 0.5) is 5.69 Å². The molecule has 0 atom stereocenters. The van der Waals surface area contributed by atoms with E-state index in [1.165, 1.54) is 24.8 Å². The second-order valence-electron chi connectivity index (χ2n) is 5.30. The number of anilines is 1. The Morgan fingerprint density at radius 3 is 2.35 bits per heavy atom. The molecular weight excluding hydrogens is 314 g/mol. The minimum Gasteiger partial charge on any atom is -0.497 e. The second kappa shape index (κ2) is 6.91. The number of methoxy groups -OCH3 is 2. The summed E-state index contributed by atoms with van der Waals surface area (Å²) >= 11 is 0. The number of sulfonamides is 1. The summed E-state index contributed by atoms with van der Waals surface area (Å²) < 4.78 is 36.5. The molecule has 2 aromatic carbocycles. The summed E-state index contributed by atoms with van der Waals surface area (Å²) in [5.41, 5.74) is 2.43. The lowest BCUT2D eigenvalue weighted by atomic mass is 10.1. The van der Waals surface area contributed by atoms with Crippen LogP contribution in [0.3, 0.4) is 0 Å². The van der Waals surface area contributed by atoms with Crippen LogP contribution in [0.25, 0.3) is 0 Å². The van der Waals surface area contributed by atoms with Crippen LogP contribution in [-0.4, -0.2) is 28.9 Å². The third-order valence-electron chi connectivity index (χ3n) is 3.46. The summed E-state index contributed by atoms with van der Waals surface area (Å²) in [5.74, 6) is 1.04. The van der Waals surface area contributed by atoms with E-state index in [0.717, 1.165) is 11.1 Å². The van der Waals surface area contributed by atoms with Gasteiger partial charge in [-0.05, 0) is 24.6 Å². The molecule has 2 rings (SSSR count). The van der Waals surface area contributed by atoms with Crippen molar-refractivity contribution in [1.82, 2.24) is 0 Å². The van der Waals surface area contributed by atoms with Crippen molar-refractivity contribution >= 4 is 15.7 Å². The molecule has 6 heteroatoms. The topological polar surface area (TPSA) is 55.8 Å². The fraction of sp³-hybridized carbons (Fsp3) is 0.294. The highest BCUT2D eigenvalue weighted by Crippen LogP contribution is 2.34. The third kappa shape index (κ3) is 4.16. The van der Waals surface area contributed by atoms with Gasteiger partial charge in [-0.25, -0.2) is 8.42 Å². The zero-order valence-electron chi connectivity index (χ0n) is 13.7. The molecule has 0 aliphatic rings. The van der Waals surface area contributed by atoms with E-state index >= 15 is 0 Å². The largest absolute Gasteiger partial charge is 0.497 e. The lowest BCUT2D eigenvalue weighted by Gasteiger charge is -2.25. The van der Waals surface area contributed by atoms with Crippen molar-refractivity contribution in [3.8, 4) is 11.5 Å². The molecule has 0 spiro atoms. The van der Waals surface area contributed by atoms with Gasteiger partial charge in [-0.3, -0.25) is 4.31 Å². The van der Waals surface area contributed by atoms with Gasteiger partial charge in [-0.2, -0.15) is 0 Å². The van der Waals surface area contributed by atoms with Crippen molar-refractivity contribution in [2.75, 3.05) is 24.8 Å². The molecule has 0 saturated carbocycles. The molecule has 0 unspecified atom stereocenters. The van der Waals surface area contributed by atoms with E-state index in [1.807, 2.05) is 31.2 Å². The molecule has 0 amide bonds. The third-order valence-corrected chi connectivity index (χ3v) is 4.59. The van der Waals surface area contributed by atoms with Gasteiger partial charge in [0.05, 0.1) is 32.7 Å². The van der Waals surface area contributed by atoms with Crippen LogP contribution in [-0.2, 0) is 16.6 Å². The zero-order chi connectivity index (χ0) is 17.0. The molecule has 0 radical (unpaired) electrons. The maximum absolute atomic E-state index is 12.3. The Bertz CT molecular complexity index is 787. The van der Waals surface area contributed by atoms with E-state index < -0.39 is 10.0 Å². The van der Waals surface area contributed by atoms with Crippen LogP contribution in [0.15, 0.2) is 42.5 Å². The Hall–Kier alpha value is -2.21. The van der Waals surface area contributed by atoms with E-state index in [4.69, 9.17) is 9.47 Å². The zero-order valence-corrected chi connectivity index (χ0v) is 14.6. The second-order valence-corrected chi connectivity index (χ2v) is 7.20. The molecule has 0 fully saturated rings. The highest BCUT2D eigenvalue weighted by atomic mass is 32.2. The number of benzene rings is 2. The van der Waals surface area contributed by atoms with E-state index in [9.17, 15) is 8.42 Å². The van der Waals surface area contributed by atoms with Gasteiger partial charge < -0.3 is 9.47 Å². The number of ether oxygens (including phenoxy) is 2. The van der Waals surface area contributed by atoms with Gasteiger partial charge in [-0.1, -0.05) is 29.8 Å². The van der Waals surface area contributed by atoms with Gasteiger partial charge >= 0.3 is 0 Å². The monoisotopic (exact) mass is 335 g/mol. The summed E-state index contributed by atoms with van der Waals surface area (Å²) in [5, 5.41) is 0. The number of hydrogen-bond donors (Lipinski definition) is 0. The van der Waals surface area contributed by atoms with Gasteiger partial charge in [0.25, 0.3) is 0 Å². The standard InChI is InChI=1S/C17H21NO4S/c1-13-6-5-7-14(10-13)12-18(23(4,19)20)16-11-15(21-2)8-9-17(16)22-3/h5-11H,12H2,1-4H3. The summed E-state index contributed by atoms with van der Waals surface area (Å²) in [6.45, 7) is 2.20. The first kappa shape index (κ1) is 17.1. The van der Waals surface area contributed by atoms with Crippen molar-refractivity contribution in [1.29, 1.82) is 0 Å².